The third-order valence-corrected chi connectivity index (χ3v) is 32.6. The van der Waals surface area contributed by atoms with E-state index in [1.165, 1.54) is 111 Å². The molecule has 0 heteroatoms. The van der Waals surface area contributed by atoms with E-state index in [4.69, 9.17) is 0 Å². The van der Waals surface area contributed by atoms with Crippen molar-refractivity contribution < 1.29 is 0 Å². The molecular weight excluding hydrogens is 1780 g/mol. The second-order valence-electron chi connectivity index (χ2n) is 51.0. The molecule has 3 aliphatic rings. The molecule has 0 aromatic heterocycles. The summed E-state index contributed by atoms with van der Waals surface area (Å²) in [4.78, 5) is 0. The van der Waals surface area contributed by atoms with Crippen LogP contribution in [0.3, 0.4) is 0 Å². The van der Waals surface area contributed by atoms with Gasteiger partial charge in [0.2, 0.25) is 0 Å². The quantitative estimate of drug-likeness (QED) is 0.102. The van der Waals surface area contributed by atoms with E-state index in [0.717, 1.165) is 145 Å². The molecule has 148 heavy (non-hydrogen) atoms. The fraction of sp³-hybridized carbons (Fsp3) is 0.230. The van der Waals surface area contributed by atoms with Gasteiger partial charge in [-0.2, -0.15) is 0 Å². The van der Waals surface area contributed by atoms with Crippen LogP contribution in [0.2, 0.25) is 0 Å². The minimum atomic E-state index is -1.14. The van der Waals surface area contributed by atoms with Crippen LogP contribution in [0, 0.1) is 0 Å². The van der Waals surface area contributed by atoms with Crippen LogP contribution in [-0.4, -0.2) is 0 Å². The van der Waals surface area contributed by atoms with Crippen molar-refractivity contribution in [3.63, 3.8) is 0 Å². The predicted molar refractivity (Wildman–Crippen MR) is 635 cm³/mol. The van der Waals surface area contributed by atoms with Gasteiger partial charge in [0.25, 0.3) is 0 Å². The van der Waals surface area contributed by atoms with Gasteiger partial charge in [-0.3, -0.25) is 0 Å². The first-order chi connectivity index (χ1) is 70.3. The van der Waals surface area contributed by atoms with Crippen LogP contribution >= 0.6 is 0 Å². The molecule has 0 fully saturated rings. The first kappa shape index (κ1) is 97.9. The SMILES string of the molecule is CC(C)(C)c1ccc(-c2cc(-c3ccc(C(C)(C)C)cc3)cc(-c3cc(-c4cc(-c5ccc(C(C)(C)C)cc5)cc(-c5ccc(C(C)(C)C)cc5)c4)cc(C4(c5cc(-c6cc(-c7ccc(C(C)(C)C)cc7)cc(-c7ccc(C(C)(C)C)cc7)c6)cc(-c6cc(-c7ccc(C(C)(C)C)cc7)cc(-c7ccc(C(C)(C)C)cc7)c6)c5)c5ccccc5-c5c4ccc4c5-c5ccccc5C45c4ccccc4-c4ccccc45)c3)c2)cc1. The van der Waals surface area contributed by atoms with Gasteiger partial charge in [0.05, 0.1) is 10.8 Å². The summed E-state index contributed by atoms with van der Waals surface area (Å²) in [5.74, 6) is 0. The molecule has 0 radical (unpaired) electrons. The molecule has 0 saturated carbocycles. The number of hydrogen-bond acceptors (Lipinski definition) is 0. The highest BCUT2D eigenvalue weighted by Gasteiger charge is 2.56. The Bertz CT molecular complexity index is 7290. The maximum atomic E-state index is 2.66. The molecule has 22 rings (SSSR count). The van der Waals surface area contributed by atoms with Crippen LogP contribution in [0.15, 0.2) is 413 Å². The van der Waals surface area contributed by atoms with Gasteiger partial charge in [-0.05, 0) is 408 Å². The lowest BCUT2D eigenvalue weighted by molar-refractivity contribution is 0.590. The van der Waals surface area contributed by atoms with Crippen molar-refractivity contribution in [2.75, 3.05) is 0 Å². The molecule has 0 saturated heterocycles. The van der Waals surface area contributed by atoms with E-state index in [9.17, 15) is 0 Å². The molecule has 0 unspecified atom stereocenters. The van der Waals surface area contributed by atoms with Crippen LogP contribution in [0.4, 0.5) is 0 Å². The Hall–Kier alpha value is -14.8. The lowest BCUT2D eigenvalue weighted by Crippen LogP contribution is -2.29. The third kappa shape index (κ3) is 17.7. The maximum Gasteiger partial charge on any atom is 0.0725 e. The Labute approximate surface area is 882 Å². The average molecular weight is 1920 g/mol. The second-order valence-corrected chi connectivity index (χ2v) is 51.0. The number of benzene rings is 19. The van der Waals surface area contributed by atoms with Crippen LogP contribution in [-0.2, 0) is 54.1 Å². The van der Waals surface area contributed by atoms with E-state index in [0.29, 0.717) is 0 Å². The molecule has 19 aromatic rings. The Morgan fingerprint density at radius 2 is 0.250 bits per heavy atom. The summed E-state index contributed by atoms with van der Waals surface area (Å²) in [6, 6.07) is 164. The van der Waals surface area contributed by atoms with Crippen molar-refractivity contribution >= 4 is 0 Å². The molecule has 0 aliphatic heterocycles. The molecule has 19 aromatic carbocycles. The molecule has 3 aliphatic carbocycles. The van der Waals surface area contributed by atoms with E-state index in [-0.39, 0.29) is 43.3 Å². The van der Waals surface area contributed by atoms with Crippen LogP contribution < -0.4 is 0 Å². The zero-order chi connectivity index (χ0) is 104. The van der Waals surface area contributed by atoms with Gasteiger partial charge in [0.15, 0.2) is 0 Å². The van der Waals surface area contributed by atoms with Crippen molar-refractivity contribution in [2.45, 2.75) is 220 Å². The zero-order valence-corrected chi connectivity index (χ0v) is 91.3. The number of hydrogen-bond donors (Lipinski definition) is 0. The van der Waals surface area contributed by atoms with E-state index in [2.05, 4.69) is 579 Å². The summed E-state index contributed by atoms with van der Waals surface area (Å²) in [6.45, 7) is 55.7. The van der Waals surface area contributed by atoms with Gasteiger partial charge in [-0.25, -0.2) is 0 Å². The largest absolute Gasteiger partial charge is 0.0725 e. The summed E-state index contributed by atoms with van der Waals surface area (Å²) in [5.41, 5.74) is 53.1. The highest BCUT2D eigenvalue weighted by atomic mass is 14.6. The van der Waals surface area contributed by atoms with E-state index < -0.39 is 10.8 Å². The topological polar surface area (TPSA) is 0 Å². The Morgan fingerprint density at radius 3 is 0.426 bits per heavy atom. The first-order valence-electron chi connectivity index (χ1n) is 53.7. The van der Waals surface area contributed by atoms with Gasteiger partial charge in [0, 0.05) is 0 Å². The molecule has 0 N–H and O–H groups in total. The van der Waals surface area contributed by atoms with Crippen molar-refractivity contribution in [1.29, 1.82) is 0 Å². The molecule has 732 valence electrons. The van der Waals surface area contributed by atoms with Gasteiger partial charge < -0.3 is 0 Å². The molecule has 0 amide bonds. The third-order valence-electron chi connectivity index (χ3n) is 32.6. The molecule has 1 spiro atoms. The molecule has 0 heterocycles. The highest BCUT2D eigenvalue weighted by Crippen LogP contribution is 2.69. The normalized spacial score (nSPS) is 13.6. The Morgan fingerprint density at radius 1 is 0.115 bits per heavy atom. The predicted octanol–water partition coefficient (Wildman–Crippen LogP) is 40.8. The van der Waals surface area contributed by atoms with Crippen LogP contribution in [0.25, 0.3) is 167 Å². The Balaban J connectivity index is 0.920. The zero-order valence-electron chi connectivity index (χ0n) is 91.3. The van der Waals surface area contributed by atoms with Crippen LogP contribution in [0.5, 0.6) is 0 Å². The summed E-state index contributed by atoms with van der Waals surface area (Å²) in [7, 11) is 0. The Kier molecular flexibility index (Phi) is 23.8. The number of fused-ring (bicyclic) bond motifs is 14. The van der Waals surface area contributed by atoms with Gasteiger partial charge in [-0.15, -0.1) is 0 Å². The van der Waals surface area contributed by atoms with Crippen molar-refractivity contribution in [3.05, 3.63) is 502 Å². The lowest BCUT2D eigenvalue weighted by Gasteiger charge is -2.36. The van der Waals surface area contributed by atoms with Gasteiger partial charge in [-0.1, -0.05) is 469 Å². The van der Waals surface area contributed by atoms with Gasteiger partial charge >= 0.3 is 0 Å². The van der Waals surface area contributed by atoms with Crippen molar-refractivity contribution in [2.24, 2.45) is 0 Å². The average Bonchev–Trinajstić information content (AvgIpc) is 1.48. The van der Waals surface area contributed by atoms with Gasteiger partial charge in [0.1, 0.15) is 0 Å². The monoisotopic (exact) mass is 1920 g/mol. The fourth-order valence-corrected chi connectivity index (χ4v) is 23.9. The molecule has 0 bridgehead atoms. The fourth-order valence-electron chi connectivity index (χ4n) is 23.9. The second kappa shape index (κ2) is 36.1. The molecular formula is C148H140. The summed E-state index contributed by atoms with van der Waals surface area (Å²) >= 11 is 0. The maximum absolute atomic E-state index is 2.66. The highest BCUT2D eigenvalue weighted by molar-refractivity contribution is 6.06. The van der Waals surface area contributed by atoms with E-state index in [1.807, 2.05) is 0 Å². The summed E-state index contributed by atoms with van der Waals surface area (Å²) < 4.78 is 0. The standard InChI is InChI=1S/C148H140/c1-139(2,3)117-57-41-93(42-58-117)101-75-102(94-43-59-118(60-44-94)140(4,5)6)80-109(79-101)113-87-114(110-81-103(95-45-61-119(62-46-95)141(7,8)9)76-104(82-110)96-47-63-120(64-48-96)142(10,11)12)90-125(89-113)147(133-39-31-27-35-129(133)137-135(147)73-74-136-138(137)130-36-28-32-40-134(130)148(136)131-37-29-25-33-127(131)128-34-26-30-38-132(128)148)126-91-115(111-83-105(97-49-65-121(66-50-97)143(13,14)15)77-106(84-111)98-51-67-122(68-52-98)144(16,17)18)88-116(92-126)112-85-107(99-53-69-123(70-54-99)145(19,20)21)78-108(86-112)100-55-71-124(72-56-100)146(22,23)24/h25-92H,1-24H3. The summed E-state index contributed by atoms with van der Waals surface area (Å²) in [6.07, 6.45) is 0. The minimum absolute atomic E-state index is 0.0539. The molecule has 0 atom stereocenters. The van der Waals surface area contributed by atoms with Crippen LogP contribution in [0.1, 0.15) is 255 Å². The summed E-state index contributed by atoms with van der Waals surface area (Å²) in [5, 5.41) is 0. The first-order valence-corrected chi connectivity index (χ1v) is 53.7. The van der Waals surface area contributed by atoms with E-state index >= 15 is 0 Å². The smallest absolute Gasteiger partial charge is 0.0619 e. The van der Waals surface area contributed by atoms with Crippen molar-refractivity contribution in [3.8, 4) is 167 Å². The van der Waals surface area contributed by atoms with Crippen molar-refractivity contribution in [1.82, 2.24) is 0 Å². The minimum Gasteiger partial charge on any atom is -0.0619 e. The van der Waals surface area contributed by atoms with E-state index in [1.54, 1.807) is 0 Å². The number of rotatable bonds is 14. The molecule has 0 nitrogen and oxygen atoms in total. The lowest BCUT2D eigenvalue weighted by atomic mass is 9.65.